The van der Waals surface area contributed by atoms with Gasteiger partial charge >= 0.3 is 0 Å². The van der Waals surface area contributed by atoms with E-state index >= 15 is 0 Å². The summed E-state index contributed by atoms with van der Waals surface area (Å²) in [6, 6.07) is 22.9. The number of benzene rings is 3. The van der Waals surface area contributed by atoms with Crippen molar-refractivity contribution in [3.05, 3.63) is 114 Å². The lowest BCUT2D eigenvalue weighted by atomic mass is 10.1. The minimum absolute atomic E-state index is 0.0707. The highest BCUT2D eigenvalue weighted by Gasteiger charge is 2.20. The number of para-hydroxylation sites is 1. The van der Waals surface area contributed by atoms with E-state index in [-0.39, 0.29) is 5.56 Å². The van der Waals surface area contributed by atoms with Crippen LogP contribution in [0.3, 0.4) is 0 Å². The van der Waals surface area contributed by atoms with Crippen LogP contribution in [0.4, 0.5) is 0 Å². The standard InChI is InChI=1S/C25H18ClIN2O3/c26-19-9-5-16(6-10-19)13-14-28-23(30)21-15-18-3-1-2-4-22(18)29(25(21)32)24(31)17-7-11-20(27)12-8-17/h1-12,15H,13-14H2,(H,28,30). The van der Waals surface area contributed by atoms with E-state index in [0.29, 0.717) is 34.5 Å². The van der Waals surface area contributed by atoms with Gasteiger partial charge in [0.05, 0.1) is 5.52 Å². The first-order chi connectivity index (χ1) is 15.4. The van der Waals surface area contributed by atoms with Crippen molar-refractivity contribution in [3.63, 3.8) is 0 Å². The van der Waals surface area contributed by atoms with Gasteiger partial charge < -0.3 is 5.32 Å². The molecule has 0 unspecified atom stereocenters. The Morgan fingerprint density at radius 2 is 1.62 bits per heavy atom. The Hall–Kier alpha value is -2.97. The van der Waals surface area contributed by atoms with Gasteiger partial charge in [-0.05, 0) is 88.5 Å². The van der Waals surface area contributed by atoms with Gasteiger partial charge in [-0.15, -0.1) is 0 Å². The number of pyridine rings is 1. The predicted octanol–water partition coefficient (Wildman–Crippen LogP) is 4.92. The topological polar surface area (TPSA) is 68.2 Å². The molecule has 7 heteroatoms. The summed E-state index contributed by atoms with van der Waals surface area (Å²) in [6.45, 7) is 0.345. The second-order valence-electron chi connectivity index (χ2n) is 7.20. The van der Waals surface area contributed by atoms with Crippen LogP contribution in [0.1, 0.15) is 26.3 Å². The fourth-order valence-corrected chi connectivity index (χ4v) is 3.90. The molecule has 0 saturated heterocycles. The maximum absolute atomic E-state index is 13.2. The lowest BCUT2D eigenvalue weighted by Gasteiger charge is -2.12. The van der Waals surface area contributed by atoms with E-state index < -0.39 is 17.4 Å². The number of hydrogen-bond acceptors (Lipinski definition) is 3. The number of amides is 1. The van der Waals surface area contributed by atoms with E-state index in [9.17, 15) is 14.4 Å². The summed E-state index contributed by atoms with van der Waals surface area (Å²) < 4.78 is 2.05. The highest BCUT2D eigenvalue weighted by molar-refractivity contribution is 14.1. The molecule has 0 fully saturated rings. The molecule has 4 aromatic rings. The Labute approximate surface area is 203 Å². The molecule has 4 rings (SSSR count). The number of halogens is 2. The van der Waals surface area contributed by atoms with Crippen LogP contribution in [0.2, 0.25) is 5.02 Å². The van der Waals surface area contributed by atoms with Crippen LogP contribution in [0.5, 0.6) is 0 Å². The molecule has 0 bridgehead atoms. The number of fused-ring (bicyclic) bond motifs is 1. The Morgan fingerprint density at radius 3 is 2.34 bits per heavy atom. The SMILES string of the molecule is O=C(NCCc1ccc(Cl)cc1)c1cc2ccccc2n(C(=O)c2ccc(I)cc2)c1=O. The third-order valence-electron chi connectivity index (χ3n) is 5.06. The second kappa shape index (κ2) is 9.67. The molecular formula is C25H18ClIN2O3. The van der Waals surface area contributed by atoms with Gasteiger partial charge in [-0.2, -0.15) is 0 Å². The first kappa shape index (κ1) is 22.2. The van der Waals surface area contributed by atoms with Crippen LogP contribution in [-0.2, 0) is 6.42 Å². The number of carbonyl (C=O) groups is 2. The lowest BCUT2D eigenvalue weighted by molar-refractivity contribution is 0.0949. The molecule has 0 saturated carbocycles. The third kappa shape index (κ3) is 4.76. The Kier molecular flexibility index (Phi) is 6.72. The molecule has 0 radical (unpaired) electrons. The predicted molar refractivity (Wildman–Crippen MR) is 135 cm³/mol. The smallest absolute Gasteiger partial charge is 0.270 e. The number of nitrogens with zero attached hydrogens (tertiary/aromatic N) is 1. The lowest BCUT2D eigenvalue weighted by Crippen LogP contribution is -2.36. The second-order valence-corrected chi connectivity index (χ2v) is 8.88. The molecule has 1 aromatic heterocycles. The molecule has 5 nitrogen and oxygen atoms in total. The van der Waals surface area contributed by atoms with Crippen LogP contribution in [0.15, 0.2) is 83.7 Å². The summed E-state index contributed by atoms with van der Waals surface area (Å²) in [5.41, 5.74) is 1.13. The van der Waals surface area contributed by atoms with Gasteiger partial charge in [0.2, 0.25) is 0 Å². The zero-order valence-electron chi connectivity index (χ0n) is 16.8. The summed E-state index contributed by atoms with van der Waals surface area (Å²) >= 11 is 8.05. The Balaban J connectivity index is 1.66. The van der Waals surface area contributed by atoms with Crippen LogP contribution in [0, 0.1) is 3.57 Å². The summed E-state index contributed by atoms with van der Waals surface area (Å²) in [6.07, 6.45) is 0.590. The van der Waals surface area contributed by atoms with Crippen molar-refractivity contribution in [2.75, 3.05) is 6.54 Å². The van der Waals surface area contributed by atoms with Crippen molar-refractivity contribution in [2.24, 2.45) is 0 Å². The Bertz CT molecular complexity index is 1360. The van der Waals surface area contributed by atoms with Crippen LogP contribution >= 0.6 is 34.2 Å². The van der Waals surface area contributed by atoms with Gasteiger partial charge in [-0.3, -0.25) is 14.4 Å². The van der Waals surface area contributed by atoms with Crippen LogP contribution in [-0.4, -0.2) is 22.9 Å². The van der Waals surface area contributed by atoms with Crippen molar-refractivity contribution in [2.45, 2.75) is 6.42 Å². The van der Waals surface area contributed by atoms with Crippen LogP contribution < -0.4 is 10.9 Å². The Morgan fingerprint density at radius 1 is 0.938 bits per heavy atom. The van der Waals surface area contributed by atoms with Crippen molar-refractivity contribution < 1.29 is 9.59 Å². The van der Waals surface area contributed by atoms with Gasteiger partial charge in [0.25, 0.3) is 17.4 Å². The molecular weight excluding hydrogens is 539 g/mol. The molecule has 0 aliphatic rings. The van der Waals surface area contributed by atoms with E-state index in [4.69, 9.17) is 11.6 Å². The first-order valence-electron chi connectivity index (χ1n) is 9.92. The van der Waals surface area contributed by atoms with Crippen molar-refractivity contribution in [3.8, 4) is 0 Å². The average molecular weight is 557 g/mol. The van der Waals surface area contributed by atoms with Gasteiger partial charge in [0, 0.05) is 20.7 Å². The summed E-state index contributed by atoms with van der Waals surface area (Å²) in [5, 5.41) is 4.06. The van der Waals surface area contributed by atoms with Gasteiger partial charge in [0.15, 0.2) is 0 Å². The van der Waals surface area contributed by atoms with Crippen molar-refractivity contribution in [1.82, 2.24) is 9.88 Å². The molecule has 1 heterocycles. The van der Waals surface area contributed by atoms with Gasteiger partial charge in [0.1, 0.15) is 5.56 Å². The van der Waals surface area contributed by atoms with E-state index in [1.165, 1.54) is 6.07 Å². The monoisotopic (exact) mass is 556 g/mol. The molecule has 160 valence electrons. The third-order valence-corrected chi connectivity index (χ3v) is 6.03. The van der Waals surface area contributed by atoms with Gasteiger partial charge in [-0.25, -0.2) is 4.57 Å². The number of rotatable bonds is 5. The zero-order valence-corrected chi connectivity index (χ0v) is 19.8. The summed E-state index contributed by atoms with van der Waals surface area (Å²) in [5.74, 6) is -0.989. The van der Waals surface area contributed by atoms with E-state index in [2.05, 4.69) is 27.9 Å². The van der Waals surface area contributed by atoms with E-state index in [0.717, 1.165) is 13.7 Å². The minimum atomic E-state index is -0.642. The first-order valence-corrected chi connectivity index (χ1v) is 11.4. The van der Waals surface area contributed by atoms with Crippen molar-refractivity contribution in [1.29, 1.82) is 0 Å². The zero-order chi connectivity index (χ0) is 22.7. The maximum Gasteiger partial charge on any atom is 0.270 e. The van der Waals surface area contributed by atoms with E-state index in [1.807, 2.05) is 12.1 Å². The molecule has 1 N–H and O–H groups in total. The molecule has 3 aromatic carbocycles. The van der Waals surface area contributed by atoms with E-state index in [1.54, 1.807) is 60.7 Å². The normalized spacial score (nSPS) is 10.8. The largest absolute Gasteiger partial charge is 0.352 e. The highest BCUT2D eigenvalue weighted by Crippen LogP contribution is 2.16. The summed E-state index contributed by atoms with van der Waals surface area (Å²) in [4.78, 5) is 39.3. The minimum Gasteiger partial charge on any atom is -0.352 e. The fourth-order valence-electron chi connectivity index (χ4n) is 3.41. The summed E-state index contributed by atoms with van der Waals surface area (Å²) in [7, 11) is 0. The number of carbonyl (C=O) groups excluding carboxylic acids is 2. The van der Waals surface area contributed by atoms with Gasteiger partial charge in [-0.1, -0.05) is 41.9 Å². The maximum atomic E-state index is 13.2. The molecule has 0 aliphatic carbocycles. The van der Waals surface area contributed by atoms with Crippen LogP contribution in [0.25, 0.3) is 10.9 Å². The quantitative estimate of drug-likeness (QED) is 0.355. The fraction of sp³-hybridized carbons (Fsp3) is 0.0800. The molecule has 32 heavy (non-hydrogen) atoms. The molecule has 0 aliphatic heterocycles. The van der Waals surface area contributed by atoms with Crippen molar-refractivity contribution >= 4 is 56.9 Å². The molecule has 1 amide bonds. The molecule has 0 spiro atoms. The number of nitrogens with one attached hydrogen (secondary N) is 1. The number of aromatic nitrogens is 1. The average Bonchev–Trinajstić information content (AvgIpc) is 2.80. The highest BCUT2D eigenvalue weighted by atomic mass is 127. The number of hydrogen-bond donors (Lipinski definition) is 1. The molecule has 0 atom stereocenters.